The van der Waals surface area contributed by atoms with Crippen LogP contribution in [0.2, 0.25) is 0 Å². The van der Waals surface area contributed by atoms with E-state index in [1.165, 1.54) is 32.1 Å². The zero-order chi connectivity index (χ0) is 25.9. The smallest absolute Gasteiger partial charge is 0.0339 e. The van der Waals surface area contributed by atoms with E-state index >= 15 is 0 Å². The van der Waals surface area contributed by atoms with Crippen molar-refractivity contribution < 1.29 is 0 Å². The summed E-state index contributed by atoms with van der Waals surface area (Å²) < 4.78 is 0. The van der Waals surface area contributed by atoms with Crippen molar-refractivity contribution in [1.82, 2.24) is 0 Å². The summed E-state index contributed by atoms with van der Waals surface area (Å²) >= 11 is 0. The zero-order valence-electron chi connectivity index (χ0n) is 24.6. The van der Waals surface area contributed by atoms with Crippen LogP contribution < -0.4 is 11.1 Å². The Hall–Kier alpha value is -1.18. The van der Waals surface area contributed by atoms with E-state index in [0.717, 1.165) is 52.8 Å². The van der Waals surface area contributed by atoms with Gasteiger partial charge < -0.3 is 11.1 Å². The second kappa shape index (κ2) is 11.7. The molecule has 0 aromatic heterocycles. The highest BCUT2D eigenvalue weighted by Crippen LogP contribution is 2.68. The number of fused-ring (bicyclic) bond motifs is 5. The quantitative estimate of drug-likeness (QED) is 0.386. The van der Waals surface area contributed by atoms with Crippen LogP contribution in [0.1, 0.15) is 118 Å². The normalized spacial score (nSPS) is 38.2. The van der Waals surface area contributed by atoms with Crippen LogP contribution in [0.15, 0.2) is 24.3 Å². The predicted molar refractivity (Wildman–Crippen MR) is 158 cm³/mol. The van der Waals surface area contributed by atoms with Crippen LogP contribution in [0.3, 0.4) is 0 Å². The number of anilines is 2. The molecule has 0 saturated heterocycles. The van der Waals surface area contributed by atoms with Gasteiger partial charge >= 0.3 is 0 Å². The molecule has 2 heteroatoms. The molecule has 0 bridgehead atoms. The summed E-state index contributed by atoms with van der Waals surface area (Å²) in [5.41, 5.74) is 8.73. The average Bonchev–Trinajstić information content (AvgIpc) is 3.21. The van der Waals surface area contributed by atoms with Gasteiger partial charge in [0.2, 0.25) is 0 Å². The van der Waals surface area contributed by atoms with Crippen molar-refractivity contribution in [1.29, 1.82) is 0 Å². The van der Waals surface area contributed by atoms with Crippen molar-refractivity contribution in [2.45, 2.75) is 118 Å². The molecule has 4 aliphatic rings. The van der Waals surface area contributed by atoms with E-state index in [4.69, 9.17) is 5.73 Å². The van der Waals surface area contributed by atoms with Gasteiger partial charge in [0, 0.05) is 18.4 Å². The second-order valence-corrected chi connectivity index (χ2v) is 14.3. The van der Waals surface area contributed by atoms with Gasteiger partial charge in [0.1, 0.15) is 0 Å². The summed E-state index contributed by atoms with van der Waals surface area (Å²) in [5, 5.41) is 3.00. The molecule has 4 aliphatic carbocycles. The van der Waals surface area contributed by atoms with Crippen LogP contribution in [0, 0.1) is 52.3 Å². The standard InChI is InChI=1S/C27H48.C7H10N2/c1-19(2)9-8-10-20(3)23-14-15-24-22-13-12-21-11-6-7-17-26(21,4)25(22)16-18-27(23,24)5;1-9-7-4-2-6(8)3-5-7/h19-25H,6-18H2,1-5H3;2-5,9H,8H2,1H3/t20-,21?,22+,23-,24+,25+,26+,27-;/m1./s1. The van der Waals surface area contributed by atoms with Gasteiger partial charge in [-0.15, -0.1) is 0 Å². The Balaban J connectivity index is 0.000000286. The first-order valence-electron chi connectivity index (χ1n) is 15.7. The van der Waals surface area contributed by atoms with E-state index in [0.29, 0.717) is 10.8 Å². The topological polar surface area (TPSA) is 38.0 Å². The third-order valence-corrected chi connectivity index (χ3v) is 12.0. The van der Waals surface area contributed by atoms with E-state index in [1.807, 2.05) is 31.3 Å². The largest absolute Gasteiger partial charge is 0.399 e. The third-order valence-electron chi connectivity index (χ3n) is 12.0. The number of nitrogen functional groups attached to an aromatic ring is 1. The molecule has 204 valence electrons. The van der Waals surface area contributed by atoms with E-state index in [-0.39, 0.29) is 0 Å². The van der Waals surface area contributed by atoms with Gasteiger partial charge in [-0.1, -0.05) is 66.7 Å². The minimum absolute atomic E-state index is 0.677. The highest BCUT2D eigenvalue weighted by molar-refractivity contribution is 5.50. The van der Waals surface area contributed by atoms with Crippen LogP contribution in [0.5, 0.6) is 0 Å². The zero-order valence-corrected chi connectivity index (χ0v) is 24.6. The Morgan fingerprint density at radius 2 is 1.56 bits per heavy atom. The van der Waals surface area contributed by atoms with Gasteiger partial charge in [-0.3, -0.25) is 0 Å². The lowest BCUT2D eigenvalue weighted by atomic mass is 9.44. The van der Waals surface area contributed by atoms with Gasteiger partial charge in [0.05, 0.1) is 0 Å². The average molecular weight is 495 g/mol. The summed E-state index contributed by atoms with van der Waals surface area (Å²) in [6.07, 6.45) is 19.9. The molecular weight excluding hydrogens is 436 g/mol. The highest BCUT2D eigenvalue weighted by Gasteiger charge is 2.60. The van der Waals surface area contributed by atoms with Gasteiger partial charge in [-0.05, 0) is 128 Å². The first-order valence-corrected chi connectivity index (χ1v) is 15.7. The van der Waals surface area contributed by atoms with Crippen molar-refractivity contribution in [3.8, 4) is 0 Å². The number of nitrogens with two attached hydrogens (primary N) is 1. The fourth-order valence-electron chi connectivity index (χ4n) is 9.97. The number of benzene rings is 1. The van der Waals surface area contributed by atoms with Crippen molar-refractivity contribution in [3.63, 3.8) is 0 Å². The van der Waals surface area contributed by atoms with Crippen LogP contribution >= 0.6 is 0 Å². The lowest BCUT2D eigenvalue weighted by Crippen LogP contribution is -2.53. The minimum Gasteiger partial charge on any atom is -0.399 e. The molecule has 0 radical (unpaired) electrons. The van der Waals surface area contributed by atoms with Crippen LogP contribution in [-0.4, -0.2) is 7.05 Å². The molecular formula is C34H58N2. The maximum atomic E-state index is 5.45. The number of hydrogen-bond acceptors (Lipinski definition) is 2. The van der Waals surface area contributed by atoms with Gasteiger partial charge in [-0.2, -0.15) is 0 Å². The fourth-order valence-corrected chi connectivity index (χ4v) is 9.97. The van der Waals surface area contributed by atoms with Crippen LogP contribution in [0.25, 0.3) is 0 Å². The number of nitrogens with one attached hydrogen (secondary N) is 1. The minimum atomic E-state index is 0.677. The monoisotopic (exact) mass is 494 g/mol. The molecule has 2 nitrogen and oxygen atoms in total. The summed E-state index contributed by atoms with van der Waals surface area (Å²) in [6, 6.07) is 7.61. The molecule has 0 amide bonds. The summed E-state index contributed by atoms with van der Waals surface area (Å²) in [7, 11) is 1.88. The Morgan fingerprint density at radius 3 is 2.25 bits per heavy atom. The lowest BCUT2D eigenvalue weighted by Gasteiger charge is -2.61. The van der Waals surface area contributed by atoms with Crippen molar-refractivity contribution in [2.75, 3.05) is 18.1 Å². The number of rotatable bonds is 6. The van der Waals surface area contributed by atoms with Crippen LogP contribution in [-0.2, 0) is 0 Å². The van der Waals surface area contributed by atoms with E-state index in [1.54, 1.807) is 51.4 Å². The van der Waals surface area contributed by atoms with Crippen molar-refractivity contribution in [2.24, 2.45) is 52.3 Å². The Labute approximate surface area is 224 Å². The summed E-state index contributed by atoms with van der Waals surface area (Å²) in [5.74, 6) is 7.15. The predicted octanol–water partition coefficient (Wildman–Crippen LogP) is 9.81. The maximum Gasteiger partial charge on any atom is 0.0339 e. The van der Waals surface area contributed by atoms with Gasteiger partial charge in [-0.25, -0.2) is 0 Å². The Kier molecular flexibility index (Phi) is 9.04. The molecule has 0 heterocycles. The van der Waals surface area contributed by atoms with Crippen molar-refractivity contribution in [3.05, 3.63) is 24.3 Å². The second-order valence-electron chi connectivity index (χ2n) is 14.3. The molecule has 4 saturated carbocycles. The van der Waals surface area contributed by atoms with Crippen LogP contribution in [0.4, 0.5) is 11.4 Å². The molecule has 5 rings (SSSR count). The molecule has 8 atom stereocenters. The van der Waals surface area contributed by atoms with E-state index < -0.39 is 0 Å². The van der Waals surface area contributed by atoms with Gasteiger partial charge in [0.25, 0.3) is 0 Å². The fraction of sp³-hybridized carbons (Fsp3) is 0.824. The highest BCUT2D eigenvalue weighted by atomic mass is 14.8. The lowest BCUT2D eigenvalue weighted by molar-refractivity contribution is -0.114. The molecule has 36 heavy (non-hydrogen) atoms. The van der Waals surface area contributed by atoms with E-state index in [2.05, 4.69) is 39.9 Å². The molecule has 4 fully saturated rings. The SMILES string of the molecule is CC(C)CCC[C@@H](C)[C@H]1CC[C@H]2[C@@H]3CCC4CCCC[C@]4(C)[C@H]3CC[C@]12C.CNc1ccc(N)cc1. The molecule has 0 spiro atoms. The first-order chi connectivity index (χ1) is 17.2. The van der Waals surface area contributed by atoms with Gasteiger partial charge in [0.15, 0.2) is 0 Å². The number of hydrogen-bond donors (Lipinski definition) is 2. The molecule has 1 unspecified atom stereocenters. The first kappa shape index (κ1) is 27.8. The summed E-state index contributed by atoms with van der Waals surface area (Å²) in [6.45, 7) is 12.9. The molecule has 1 aromatic carbocycles. The Morgan fingerprint density at radius 1 is 0.833 bits per heavy atom. The maximum absolute atomic E-state index is 5.45. The van der Waals surface area contributed by atoms with E-state index in [9.17, 15) is 0 Å². The molecule has 3 N–H and O–H groups in total. The Bertz CT molecular complexity index is 815. The summed E-state index contributed by atoms with van der Waals surface area (Å²) in [4.78, 5) is 0. The molecule has 0 aliphatic heterocycles. The molecule has 1 aromatic rings. The van der Waals surface area contributed by atoms with Crippen molar-refractivity contribution >= 4 is 11.4 Å². The third kappa shape index (κ3) is 5.63.